The molecule has 1 heterocycles. The highest BCUT2D eigenvalue weighted by molar-refractivity contribution is 5.35. The van der Waals surface area contributed by atoms with E-state index in [-0.39, 0.29) is 0 Å². The van der Waals surface area contributed by atoms with Crippen LogP contribution in [0.15, 0.2) is 42.7 Å². The molecule has 21 heavy (non-hydrogen) atoms. The number of hydrogen-bond acceptors (Lipinski definition) is 2. The topological polar surface area (TPSA) is 24.9 Å². The maximum atomic E-state index is 4.13. The molecule has 2 atom stereocenters. The zero-order chi connectivity index (χ0) is 15.2. The molecular weight excluding hydrogens is 256 g/mol. The van der Waals surface area contributed by atoms with Gasteiger partial charge in [0.05, 0.1) is 0 Å². The van der Waals surface area contributed by atoms with E-state index in [0.29, 0.717) is 12.0 Å². The largest absolute Gasteiger partial charge is 0.309 e. The van der Waals surface area contributed by atoms with Gasteiger partial charge >= 0.3 is 0 Å². The SMILES string of the molecule is CCCNC(c1cc(C)ccc1C)C(C)c1ccncc1. The second-order valence-corrected chi connectivity index (χ2v) is 5.86. The van der Waals surface area contributed by atoms with Gasteiger partial charge in [0.15, 0.2) is 0 Å². The van der Waals surface area contributed by atoms with Crippen molar-refractivity contribution in [1.82, 2.24) is 10.3 Å². The van der Waals surface area contributed by atoms with Gasteiger partial charge in [0.1, 0.15) is 0 Å². The Hall–Kier alpha value is -1.67. The van der Waals surface area contributed by atoms with Gasteiger partial charge in [0.25, 0.3) is 0 Å². The van der Waals surface area contributed by atoms with Crippen LogP contribution < -0.4 is 5.32 Å². The van der Waals surface area contributed by atoms with Gasteiger partial charge in [-0.3, -0.25) is 4.98 Å². The summed E-state index contributed by atoms with van der Waals surface area (Å²) in [6, 6.07) is 11.3. The van der Waals surface area contributed by atoms with Gasteiger partial charge in [-0.1, -0.05) is 37.6 Å². The molecule has 0 aliphatic rings. The van der Waals surface area contributed by atoms with Gasteiger partial charge in [0, 0.05) is 24.4 Å². The Morgan fingerprint density at radius 3 is 2.48 bits per heavy atom. The van der Waals surface area contributed by atoms with E-state index in [1.165, 1.54) is 22.3 Å². The molecule has 2 heteroatoms. The second-order valence-electron chi connectivity index (χ2n) is 5.86. The van der Waals surface area contributed by atoms with Crippen molar-refractivity contribution in [3.8, 4) is 0 Å². The zero-order valence-corrected chi connectivity index (χ0v) is 13.6. The van der Waals surface area contributed by atoms with Crippen molar-refractivity contribution in [3.63, 3.8) is 0 Å². The number of aryl methyl sites for hydroxylation is 2. The average molecular weight is 282 g/mol. The monoisotopic (exact) mass is 282 g/mol. The second kappa shape index (κ2) is 7.37. The van der Waals surface area contributed by atoms with Crippen LogP contribution in [-0.4, -0.2) is 11.5 Å². The first-order valence-corrected chi connectivity index (χ1v) is 7.84. The molecule has 112 valence electrons. The lowest BCUT2D eigenvalue weighted by atomic mass is 9.86. The molecular formula is C19H26N2. The van der Waals surface area contributed by atoms with Gasteiger partial charge in [-0.25, -0.2) is 0 Å². The van der Waals surface area contributed by atoms with Crippen molar-refractivity contribution in [2.45, 2.75) is 46.1 Å². The minimum atomic E-state index is 0.340. The average Bonchev–Trinajstić information content (AvgIpc) is 2.51. The lowest BCUT2D eigenvalue weighted by Gasteiger charge is -2.28. The summed E-state index contributed by atoms with van der Waals surface area (Å²) in [5, 5.41) is 3.73. The molecule has 0 spiro atoms. The number of benzene rings is 1. The first kappa shape index (κ1) is 15.7. The van der Waals surface area contributed by atoms with E-state index < -0.39 is 0 Å². The predicted octanol–water partition coefficient (Wildman–Crippen LogP) is 4.54. The molecule has 0 aliphatic carbocycles. The fraction of sp³-hybridized carbons (Fsp3) is 0.421. The molecule has 1 N–H and O–H groups in total. The van der Waals surface area contributed by atoms with Gasteiger partial charge in [-0.2, -0.15) is 0 Å². The van der Waals surface area contributed by atoms with Crippen molar-refractivity contribution in [1.29, 1.82) is 0 Å². The summed E-state index contributed by atoms with van der Waals surface area (Å²) in [4.78, 5) is 4.13. The van der Waals surface area contributed by atoms with Gasteiger partial charge in [0.2, 0.25) is 0 Å². The summed E-state index contributed by atoms with van der Waals surface area (Å²) in [5.41, 5.74) is 5.42. The Morgan fingerprint density at radius 1 is 1.10 bits per heavy atom. The first-order valence-electron chi connectivity index (χ1n) is 7.84. The third kappa shape index (κ3) is 3.92. The van der Waals surface area contributed by atoms with Crippen LogP contribution in [0.4, 0.5) is 0 Å². The lowest BCUT2D eigenvalue weighted by Crippen LogP contribution is -2.27. The van der Waals surface area contributed by atoms with Crippen LogP contribution in [-0.2, 0) is 0 Å². The quantitative estimate of drug-likeness (QED) is 0.841. The van der Waals surface area contributed by atoms with E-state index in [1.807, 2.05) is 12.4 Å². The molecule has 1 aromatic heterocycles. The van der Waals surface area contributed by atoms with Gasteiger partial charge in [-0.05, 0) is 55.6 Å². The van der Waals surface area contributed by atoms with Crippen LogP contribution in [0, 0.1) is 13.8 Å². The van der Waals surface area contributed by atoms with E-state index in [9.17, 15) is 0 Å². The summed E-state index contributed by atoms with van der Waals surface area (Å²) >= 11 is 0. The maximum absolute atomic E-state index is 4.13. The molecule has 0 aliphatic heterocycles. The lowest BCUT2D eigenvalue weighted by molar-refractivity contribution is 0.464. The van der Waals surface area contributed by atoms with E-state index >= 15 is 0 Å². The smallest absolute Gasteiger partial charge is 0.0389 e. The normalized spacial score (nSPS) is 13.9. The molecule has 2 unspecified atom stereocenters. The Labute approximate surface area is 128 Å². The van der Waals surface area contributed by atoms with E-state index in [4.69, 9.17) is 0 Å². The summed E-state index contributed by atoms with van der Waals surface area (Å²) in [7, 11) is 0. The summed E-state index contributed by atoms with van der Waals surface area (Å²) in [6.45, 7) is 9.91. The highest BCUT2D eigenvalue weighted by Gasteiger charge is 2.21. The molecule has 0 saturated heterocycles. The summed E-state index contributed by atoms with van der Waals surface area (Å²) in [6.07, 6.45) is 4.90. The number of pyridine rings is 1. The maximum Gasteiger partial charge on any atom is 0.0389 e. The third-order valence-corrected chi connectivity index (χ3v) is 4.12. The van der Waals surface area contributed by atoms with Crippen LogP contribution in [0.1, 0.15) is 54.5 Å². The first-order chi connectivity index (χ1) is 10.1. The molecule has 1 aromatic carbocycles. The summed E-state index contributed by atoms with van der Waals surface area (Å²) < 4.78 is 0. The Morgan fingerprint density at radius 2 is 1.81 bits per heavy atom. The van der Waals surface area contributed by atoms with Gasteiger partial charge in [-0.15, -0.1) is 0 Å². The van der Waals surface area contributed by atoms with Crippen molar-refractivity contribution < 1.29 is 0 Å². The summed E-state index contributed by atoms with van der Waals surface area (Å²) in [5.74, 6) is 0.417. The van der Waals surface area contributed by atoms with Crippen LogP contribution in [0.5, 0.6) is 0 Å². The standard InChI is InChI=1S/C19H26N2/c1-5-10-21-19(16(4)17-8-11-20-12-9-17)18-13-14(2)6-7-15(18)3/h6-9,11-13,16,19,21H,5,10H2,1-4H3. The van der Waals surface area contributed by atoms with E-state index in [0.717, 1.165) is 13.0 Å². The minimum Gasteiger partial charge on any atom is -0.309 e. The van der Waals surface area contributed by atoms with Crippen molar-refractivity contribution in [3.05, 3.63) is 65.0 Å². The molecule has 0 amide bonds. The number of rotatable bonds is 6. The van der Waals surface area contributed by atoms with Crippen molar-refractivity contribution >= 4 is 0 Å². The molecule has 2 nitrogen and oxygen atoms in total. The van der Waals surface area contributed by atoms with Crippen molar-refractivity contribution in [2.24, 2.45) is 0 Å². The fourth-order valence-electron chi connectivity index (χ4n) is 2.81. The highest BCUT2D eigenvalue weighted by atomic mass is 14.9. The minimum absolute atomic E-state index is 0.340. The van der Waals surface area contributed by atoms with E-state index in [1.54, 1.807) is 0 Å². The Kier molecular flexibility index (Phi) is 5.51. The zero-order valence-electron chi connectivity index (χ0n) is 13.6. The molecule has 2 aromatic rings. The third-order valence-electron chi connectivity index (χ3n) is 4.12. The molecule has 0 fully saturated rings. The van der Waals surface area contributed by atoms with Crippen LogP contribution in [0.3, 0.4) is 0 Å². The Balaban J connectivity index is 2.36. The number of nitrogens with one attached hydrogen (secondary N) is 1. The number of nitrogens with zero attached hydrogens (tertiary/aromatic N) is 1. The van der Waals surface area contributed by atoms with E-state index in [2.05, 4.69) is 68.3 Å². The molecule has 2 rings (SSSR count). The van der Waals surface area contributed by atoms with Crippen LogP contribution >= 0.6 is 0 Å². The molecule has 0 bridgehead atoms. The molecule has 0 radical (unpaired) electrons. The molecule has 0 saturated carbocycles. The highest BCUT2D eigenvalue weighted by Crippen LogP contribution is 2.32. The number of hydrogen-bond donors (Lipinski definition) is 1. The number of aromatic nitrogens is 1. The van der Waals surface area contributed by atoms with Crippen LogP contribution in [0.2, 0.25) is 0 Å². The van der Waals surface area contributed by atoms with Crippen molar-refractivity contribution in [2.75, 3.05) is 6.54 Å². The Bertz CT molecular complexity index is 563. The van der Waals surface area contributed by atoms with Gasteiger partial charge < -0.3 is 5.32 Å². The van der Waals surface area contributed by atoms with Crippen LogP contribution in [0.25, 0.3) is 0 Å². The fourth-order valence-corrected chi connectivity index (χ4v) is 2.81. The predicted molar refractivity (Wildman–Crippen MR) is 89.6 cm³/mol.